The van der Waals surface area contributed by atoms with E-state index >= 15 is 0 Å². The van der Waals surface area contributed by atoms with Gasteiger partial charge in [-0.3, -0.25) is 9.59 Å². The largest absolute Gasteiger partial charge is 0.366 e. The van der Waals surface area contributed by atoms with Gasteiger partial charge in [0.1, 0.15) is 6.04 Å². The van der Waals surface area contributed by atoms with Crippen molar-refractivity contribution >= 4 is 23.5 Å². The molecule has 1 aliphatic carbocycles. The van der Waals surface area contributed by atoms with E-state index in [1.807, 2.05) is 0 Å². The summed E-state index contributed by atoms with van der Waals surface area (Å²) in [6, 6.07) is 5.96. The zero-order valence-corrected chi connectivity index (χ0v) is 12.7. The molecule has 1 aromatic carbocycles. The third kappa shape index (κ3) is 3.61. The van der Waals surface area contributed by atoms with Crippen molar-refractivity contribution in [3.8, 4) is 0 Å². The number of likely N-dealkylation sites (tertiary alicyclic amines) is 1. The second kappa shape index (κ2) is 6.28. The van der Waals surface area contributed by atoms with Crippen molar-refractivity contribution in [1.82, 2.24) is 10.2 Å². The second-order valence-corrected chi connectivity index (χ2v) is 6.01. The Balaban J connectivity index is 1.65. The highest BCUT2D eigenvalue weighted by Gasteiger charge is 2.36. The normalized spacial score (nSPS) is 20.2. The fraction of sp³-hybridized carbons (Fsp3) is 0.438. The number of nitrogens with zero attached hydrogens (tertiary/aromatic N) is 1. The molecular formula is C16H20N4O3. The van der Waals surface area contributed by atoms with Gasteiger partial charge in [-0.2, -0.15) is 0 Å². The summed E-state index contributed by atoms with van der Waals surface area (Å²) < 4.78 is 0. The molecule has 3 rings (SSSR count). The number of amides is 4. The highest BCUT2D eigenvalue weighted by Crippen LogP contribution is 2.23. The molecule has 0 bridgehead atoms. The molecule has 1 unspecified atom stereocenters. The van der Waals surface area contributed by atoms with Gasteiger partial charge in [0.15, 0.2) is 0 Å². The number of nitrogens with one attached hydrogen (secondary N) is 2. The number of rotatable bonds is 4. The van der Waals surface area contributed by atoms with E-state index in [2.05, 4.69) is 10.6 Å². The number of hydrogen-bond acceptors (Lipinski definition) is 3. The summed E-state index contributed by atoms with van der Waals surface area (Å²) in [4.78, 5) is 37.4. The predicted molar refractivity (Wildman–Crippen MR) is 84.9 cm³/mol. The average molecular weight is 316 g/mol. The lowest BCUT2D eigenvalue weighted by Gasteiger charge is -2.24. The summed E-state index contributed by atoms with van der Waals surface area (Å²) in [5.41, 5.74) is 6.05. The first kappa shape index (κ1) is 15.3. The van der Waals surface area contributed by atoms with Crippen molar-refractivity contribution in [2.24, 2.45) is 5.73 Å². The standard InChI is InChI=1S/C16H20N4O3/c17-14(21)10-3-1-4-12(9-10)19-16(23)20-8-2-5-13(20)15(22)18-11-6-7-11/h1,3-4,9,11,13H,2,5-8H2,(H2,17,21)(H,18,22)(H,19,23). The molecule has 7 heteroatoms. The van der Waals surface area contributed by atoms with Gasteiger partial charge in [0.25, 0.3) is 0 Å². The molecule has 1 atom stereocenters. The van der Waals surface area contributed by atoms with Crippen molar-refractivity contribution in [2.45, 2.75) is 37.8 Å². The first-order valence-corrected chi connectivity index (χ1v) is 7.82. The van der Waals surface area contributed by atoms with Crippen LogP contribution in [-0.2, 0) is 4.79 Å². The molecule has 7 nitrogen and oxygen atoms in total. The zero-order chi connectivity index (χ0) is 16.4. The van der Waals surface area contributed by atoms with E-state index in [9.17, 15) is 14.4 Å². The molecule has 4 N–H and O–H groups in total. The molecule has 1 aromatic rings. The lowest BCUT2D eigenvalue weighted by Crippen LogP contribution is -2.48. The Labute approximate surface area is 134 Å². The summed E-state index contributed by atoms with van der Waals surface area (Å²) >= 11 is 0. The summed E-state index contributed by atoms with van der Waals surface area (Å²) in [6.07, 6.45) is 3.51. The Bertz CT molecular complexity index is 642. The Morgan fingerprint density at radius 2 is 1.96 bits per heavy atom. The Kier molecular flexibility index (Phi) is 4.18. The highest BCUT2D eigenvalue weighted by atomic mass is 16.2. The highest BCUT2D eigenvalue weighted by molar-refractivity contribution is 5.97. The number of hydrogen-bond donors (Lipinski definition) is 3. The van der Waals surface area contributed by atoms with Gasteiger partial charge in [0.2, 0.25) is 11.8 Å². The molecule has 122 valence electrons. The molecule has 2 aliphatic rings. The second-order valence-electron chi connectivity index (χ2n) is 6.01. The van der Waals surface area contributed by atoms with Gasteiger partial charge in [-0.15, -0.1) is 0 Å². The first-order chi connectivity index (χ1) is 11.0. The third-order valence-corrected chi connectivity index (χ3v) is 4.14. The van der Waals surface area contributed by atoms with Gasteiger partial charge < -0.3 is 21.3 Å². The lowest BCUT2D eigenvalue weighted by atomic mass is 10.2. The molecule has 1 heterocycles. The maximum atomic E-state index is 12.4. The van der Waals surface area contributed by atoms with Crippen molar-refractivity contribution < 1.29 is 14.4 Å². The van der Waals surface area contributed by atoms with Crippen LogP contribution >= 0.6 is 0 Å². The van der Waals surface area contributed by atoms with Crippen molar-refractivity contribution in [3.05, 3.63) is 29.8 Å². The zero-order valence-electron chi connectivity index (χ0n) is 12.7. The molecular weight excluding hydrogens is 296 g/mol. The fourth-order valence-corrected chi connectivity index (χ4v) is 2.75. The minimum atomic E-state index is -0.552. The van der Waals surface area contributed by atoms with Crippen molar-refractivity contribution in [1.29, 1.82) is 0 Å². The van der Waals surface area contributed by atoms with E-state index in [1.54, 1.807) is 23.1 Å². The smallest absolute Gasteiger partial charge is 0.322 e. The molecule has 2 fully saturated rings. The predicted octanol–water partition coefficient (Wildman–Crippen LogP) is 1.06. The van der Waals surface area contributed by atoms with Crippen molar-refractivity contribution in [3.63, 3.8) is 0 Å². The molecule has 1 saturated carbocycles. The van der Waals surface area contributed by atoms with E-state index in [0.29, 0.717) is 24.2 Å². The number of nitrogens with two attached hydrogens (primary N) is 1. The number of primary amides is 1. The van der Waals surface area contributed by atoms with E-state index in [4.69, 9.17) is 5.73 Å². The van der Waals surface area contributed by atoms with Gasteiger partial charge in [-0.25, -0.2) is 4.79 Å². The Hall–Kier alpha value is -2.57. The summed E-state index contributed by atoms with van der Waals surface area (Å²) in [7, 11) is 0. The van der Waals surface area contributed by atoms with Crippen LogP contribution in [0.5, 0.6) is 0 Å². The Morgan fingerprint density at radius 1 is 1.17 bits per heavy atom. The van der Waals surface area contributed by atoms with Crippen LogP contribution in [0.25, 0.3) is 0 Å². The molecule has 0 radical (unpaired) electrons. The average Bonchev–Trinajstić information content (AvgIpc) is 3.19. The maximum absolute atomic E-state index is 12.4. The van der Waals surface area contributed by atoms with Crippen molar-refractivity contribution in [2.75, 3.05) is 11.9 Å². The molecule has 1 aliphatic heterocycles. The van der Waals surface area contributed by atoms with Crippen LogP contribution in [-0.4, -0.2) is 41.4 Å². The number of benzene rings is 1. The van der Waals surface area contributed by atoms with Crippen LogP contribution in [0.2, 0.25) is 0 Å². The molecule has 0 aromatic heterocycles. The summed E-state index contributed by atoms with van der Waals surface area (Å²) in [5.74, 6) is -0.630. The van der Waals surface area contributed by atoms with Gasteiger partial charge in [0, 0.05) is 23.8 Å². The monoisotopic (exact) mass is 316 g/mol. The van der Waals surface area contributed by atoms with E-state index in [-0.39, 0.29) is 18.0 Å². The number of anilines is 1. The van der Waals surface area contributed by atoms with Crippen LogP contribution in [0.15, 0.2) is 24.3 Å². The quantitative estimate of drug-likeness (QED) is 0.773. The van der Waals surface area contributed by atoms with E-state index < -0.39 is 11.9 Å². The fourth-order valence-electron chi connectivity index (χ4n) is 2.75. The van der Waals surface area contributed by atoms with Gasteiger partial charge in [-0.1, -0.05) is 6.07 Å². The minimum Gasteiger partial charge on any atom is -0.366 e. The summed E-state index contributed by atoms with van der Waals surface area (Å²) in [6.45, 7) is 0.546. The molecule has 0 spiro atoms. The first-order valence-electron chi connectivity index (χ1n) is 7.82. The number of carbonyl (C=O) groups excluding carboxylic acids is 3. The Morgan fingerprint density at radius 3 is 2.65 bits per heavy atom. The van der Waals surface area contributed by atoms with Crippen LogP contribution in [0.1, 0.15) is 36.0 Å². The van der Waals surface area contributed by atoms with Crippen LogP contribution in [0.3, 0.4) is 0 Å². The van der Waals surface area contributed by atoms with Gasteiger partial charge in [-0.05, 0) is 43.9 Å². The third-order valence-electron chi connectivity index (χ3n) is 4.14. The molecule has 4 amide bonds. The van der Waals surface area contributed by atoms with E-state index in [1.165, 1.54) is 6.07 Å². The lowest BCUT2D eigenvalue weighted by molar-refractivity contribution is -0.124. The molecule has 23 heavy (non-hydrogen) atoms. The van der Waals surface area contributed by atoms with Gasteiger partial charge >= 0.3 is 6.03 Å². The minimum absolute atomic E-state index is 0.0777. The number of urea groups is 1. The topological polar surface area (TPSA) is 105 Å². The maximum Gasteiger partial charge on any atom is 0.322 e. The van der Waals surface area contributed by atoms with Crippen LogP contribution < -0.4 is 16.4 Å². The number of carbonyl (C=O) groups is 3. The summed E-state index contributed by atoms with van der Waals surface area (Å²) in [5, 5.41) is 5.68. The van der Waals surface area contributed by atoms with Gasteiger partial charge in [0.05, 0.1) is 0 Å². The van der Waals surface area contributed by atoms with Crippen LogP contribution in [0.4, 0.5) is 10.5 Å². The SMILES string of the molecule is NC(=O)c1cccc(NC(=O)N2CCCC2C(=O)NC2CC2)c1. The molecule has 1 saturated heterocycles. The van der Waals surface area contributed by atoms with Crippen LogP contribution in [0, 0.1) is 0 Å². The van der Waals surface area contributed by atoms with E-state index in [0.717, 1.165) is 19.3 Å².